The number of aromatic carboxylic acids is 1. The minimum Gasteiger partial charge on any atom is -0.478 e. The number of carbonyl (C=O) groups is 3. The van der Waals surface area contributed by atoms with Crippen molar-refractivity contribution in [1.82, 2.24) is 5.32 Å². The van der Waals surface area contributed by atoms with Crippen LogP contribution in [0, 0.1) is 10.8 Å². The van der Waals surface area contributed by atoms with Gasteiger partial charge in [0.1, 0.15) is 5.84 Å². The SMILES string of the molecule is CC(C)(C)[C@@H](COS(C)(=O)=O)NC(=O)c1ccc(-c2ccccc2C(=O)Nc2ccc(C(=N)N)cc2)c(C(=O)O)c1. The number of nitrogens with two attached hydrogens (primary N) is 1. The molecule has 0 fully saturated rings. The molecule has 0 radical (unpaired) electrons. The van der Waals surface area contributed by atoms with Crippen molar-refractivity contribution in [2.75, 3.05) is 18.2 Å². The zero-order chi connectivity index (χ0) is 30.5. The number of benzene rings is 3. The van der Waals surface area contributed by atoms with Crippen molar-refractivity contribution >= 4 is 39.4 Å². The van der Waals surface area contributed by atoms with Crippen LogP contribution in [0.1, 0.15) is 57.4 Å². The van der Waals surface area contributed by atoms with Crippen molar-refractivity contribution in [2.24, 2.45) is 11.1 Å². The molecule has 216 valence electrons. The van der Waals surface area contributed by atoms with Gasteiger partial charge in [-0.15, -0.1) is 0 Å². The minimum atomic E-state index is -3.75. The van der Waals surface area contributed by atoms with Crippen LogP contribution in [0.15, 0.2) is 66.7 Å². The van der Waals surface area contributed by atoms with E-state index in [1.165, 1.54) is 18.2 Å². The normalized spacial score (nSPS) is 12.3. The number of carboxylic acids is 1. The van der Waals surface area contributed by atoms with Gasteiger partial charge in [-0.25, -0.2) is 4.79 Å². The molecule has 0 bridgehead atoms. The van der Waals surface area contributed by atoms with Crippen molar-refractivity contribution in [3.8, 4) is 11.1 Å². The summed E-state index contributed by atoms with van der Waals surface area (Å²) in [4.78, 5) is 38.6. The van der Waals surface area contributed by atoms with Gasteiger partial charge in [0.2, 0.25) is 0 Å². The summed E-state index contributed by atoms with van der Waals surface area (Å²) in [5.74, 6) is -2.52. The zero-order valence-electron chi connectivity index (χ0n) is 23.0. The van der Waals surface area contributed by atoms with Crippen LogP contribution < -0.4 is 16.4 Å². The topological polar surface area (TPSA) is 189 Å². The lowest BCUT2D eigenvalue weighted by Crippen LogP contribution is -2.47. The fraction of sp³-hybridized carbons (Fsp3) is 0.241. The van der Waals surface area contributed by atoms with Gasteiger partial charge in [0, 0.05) is 22.4 Å². The summed E-state index contributed by atoms with van der Waals surface area (Å²) in [5, 5.41) is 23.0. The van der Waals surface area contributed by atoms with Crippen molar-refractivity contribution < 1.29 is 32.1 Å². The molecule has 12 heteroatoms. The number of amides is 2. The van der Waals surface area contributed by atoms with E-state index in [4.69, 9.17) is 15.3 Å². The Morgan fingerprint density at radius 3 is 2.07 bits per heavy atom. The fourth-order valence-corrected chi connectivity index (χ4v) is 4.27. The van der Waals surface area contributed by atoms with Gasteiger partial charge in [-0.3, -0.25) is 19.2 Å². The first-order valence-electron chi connectivity index (χ1n) is 12.4. The van der Waals surface area contributed by atoms with Crippen LogP contribution in [-0.2, 0) is 14.3 Å². The molecule has 0 aliphatic heterocycles. The van der Waals surface area contributed by atoms with Gasteiger partial charge in [-0.2, -0.15) is 8.42 Å². The number of rotatable bonds is 10. The molecule has 0 aliphatic rings. The lowest BCUT2D eigenvalue weighted by molar-refractivity contribution is 0.0697. The largest absolute Gasteiger partial charge is 0.478 e. The summed E-state index contributed by atoms with van der Waals surface area (Å²) in [5.41, 5.74) is 6.44. The molecule has 11 nitrogen and oxygen atoms in total. The second-order valence-electron chi connectivity index (χ2n) is 10.4. The third-order valence-corrected chi connectivity index (χ3v) is 6.79. The molecule has 0 heterocycles. The van der Waals surface area contributed by atoms with E-state index in [1.807, 2.05) is 0 Å². The number of carbonyl (C=O) groups excluding carboxylic acids is 2. The molecule has 1 atom stereocenters. The van der Waals surface area contributed by atoms with Gasteiger partial charge in [-0.05, 0) is 59.0 Å². The van der Waals surface area contributed by atoms with Crippen molar-refractivity contribution in [2.45, 2.75) is 26.8 Å². The van der Waals surface area contributed by atoms with Crippen LogP contribution in [-0.4, -0.2) is 56.0 Å². The summed E-state index contributed by atoms with van der Waals surface area (Å²) in [6, 6.07) is 16.2. The molecule has 3 rings (SSSR count). The average molecular weight is 581 g/mol. The minimum absolute atomic E-state index is 0.0345. The number of hydrogen-bond donors (Lipinski definition) is 5. The number of nitrogens with one attached hydrogen (secondary N) is 3. The molecular formula is C29H32N4O7S. The molecule has 0 unspecified atom stereocenters. The summed E-state index contributed by atoms with van der Waals surface area (Å²) < 4.78 is 27.9. The molecule has 0 aliphatic carbocycles. The molecule has 0 spiro atoms. The fourth-order valence-electron chi connectivity index (χ4n) is 3.89. The molecule has 6 N–H and O–H groups in total. The number of hydrogen-bond acceptors (Lipinski definition) is 7. The second-order valence-corrected chi connectivity index (χ2v) is 12.1. The van der Waals surface area contributed by atoms with Gasteiger partial charge >= 0.3 is 5.97 Å². The van der Waals surface area contributed by atoms with Gasteiger partial charge in [0.05, 0.1) is 24.5 Å². The van der Waals surface area contributed by atoms with E-state index in [2.05, 4.69) is 10.6 Å². The number of anilines is 1. The third kappa shape index (κ3) is 8.22. The number of amidine groups is 1. The van der Waals surface area contributed by atoms with E-state index < -0.39 is 39.4 Å². The Morgan fingerprint density at radius 1 is 0.927 bits per heavy atom. The number of carboxylic acid groups (broad SMARTS) is 1. The van der Waals surface area contributed by atoms with E-state index in [0.717, 1.165) is 6.26 Å². The molecule has 2 amide bonds. The maximum absolute atomic E-state index is 13.2. The third-order valence-electron chi connectivity index (χ3n) is 6.23. The monoisotopic (exact) mass is 580 g/mol. The zero-order valence-corrected chi connectivity index (χ0v) is 23.8. The Hall–Kier alpha value is -4.55. The molecule has 0 saturated heterocycles. The molecule has 41 heavy (non-hydrogen) atoms. The van der Waals surface area contributed by atoms with Crippen LogP contribution in [0.5, 0.6) is 0 Å². The van der Waals surface area contributed by atoms with Gasteiger partial charge < -0.3 is 21.5 Å². The molecular weight excluding hydrogens is 548 g/mol. The van der Waals surface area contributed by atoms with Crippen LogP contribution in [0.3, 0.4) is 0 Å². The maximum atomic E-state index is 13.2. The van der Waals surface area contributed by atoms with Gasteiger partial charge in [-0.1, -0.05) is 45.0 Å². The molecule has 3 aromatic carbocycles. The molecule has 0 aromatic heterocycles. The summed E-state index contributed by atoms with van der Waals surface area (Å²) in [6.07, 6.45) is 0.911. The van der Waals surface area contributed by atoms with Crippen LogP contribution in [0.2, 0.25) is 0 Å². The Balaban J connectivity index is 1.93. The first kappa shape index (κ1) is 31.0. The Kier molecular flexibility index (Phi) is 9.31. The highest BCUT2D eigenvalue weighted by Crippen LogP contribution is 2.29. The van der Waals surface area contributed by atoms with Crippen molar-refractivity contribution in [3.63, 3.8) is 0 Å². The molecule has 3 aromatic rings. The summed E-state index contributed by atoms with van der Waals surface area (Å²) in [6.45, 7) is 5.11. The van der Waals surface area contributed by atoms with E-state index in [9.17, 15) is 27.9 Å². The highest BCUT2D eigenvalue weighted by Gasteiger charge is 2.29. The predicted molar refractivity (Wildman–Crippen MR) is 156 cm³/mol. The van der Waals surface area contributed by atoms with Crippen molar-refractivity contribution in [3.05, 3.63) is 89.0 Å². The Labute approximate surface area is 238 Å². The highest BCUT2D eigenvalue weighted by molar-refractivity contribution is 7.85. The highest BCUT2D eigenvalue weighted by atomic mass is 32.2. The lowest BCUT2D eigenvalue weighted by atomic mass is 9.87. The van der Waals surface area contributed by atoms with E-state index >= 15 is 0 Å². The first-order valence-corrected chi connectivity index (χ1v) is 14.3. The lowest BCUT2D eigenvalue weighted by Gasteiger charge is -2.31. The summed E-state index contributed by atoms with van der Waals surface area (Å²) >= 11 is 0. The van der Waals surface area contributed by atoms with Gasteiger partial charge in [0.25, 0.3) is 21.9 Å². The Bertz CT molecular complexity index is 1590. The first-order chi connectivity index (χ1) is 19.1. The van der Waals surface area contributed by atoms with E-state index in [0.29, 0.717) is 16.8 Å². The Morgan fingerprint density at radius 2 is 1.51 bits per heavy atom. The second kappa shape index (κ2) is 12.3. The predicted octanol–water partition coefficient (Wildman–Crippen LogP) is 3.71. The van der Waals surface area contributed by atoms with Crippen LogP contribution >= 0.6 is 0 Å². The summed E-state index contributed by atoms with van der Waals surface area (Å²) in [7, 11) is -3.75. The number of nitrogen functional groups attached to an aromatic ring is 1. The smallest absolute Gasteiger partial charge is 0.336 e. The quantitative estimate of drug-likeness (QED) is 0.136. The maximum Gasteiger partial charge on any atom is 0.336 e. The molecule has 0 saturated carbocycles. The average Bonchev–Trinajstić information content (AvgIpc) is 2.89. The van der Waals surface area contributed by atoms with E-state index in [1.54, 1.807) is 69.3 Å². The standard InChI is InChI=1S/C29H32N4O7S/c1-29(2,3)24(16-40-41(4,38)39)33-26(34)18-11-14-21(23(15-18)28(36)37)20-7-5-6-8-22(20)27(35)32-19-12-9-17(10-13-19)25(30)31/h5-15,24H,16H2,1-4H3,(H3,30,31)(H,32,35)(H,33,34)(H,36,37)/t24-/m1/s1. The van der Waals surface area contributed by atoms with Crippen molar-refractivity contribution in [1.29, 1.82) is 5.41 Å². The van der Waals surface area contributed by atoms with Crippen LogP contribution in [0.4, 0.5) is 5.69 Å². The van der Waals surface area contributed by atoms with Crippen LogP contribution in [0.25, 0.3) is 11.1 Å². The van der Waals surface area contributed by atoms with Gasteiger partial charge in [0.15, 0.2) is 0 Å². The van der Waals surface area contributed by atoms with E-state index in [-0.39, 0.29) is 34.7 Å².